The second-order valence-corrected chi connectivity index (χ2v) is 6.91. The van der Waals surface area contributed by atoms with Crippen LogP contribution >= 0.6 is 22.7 Å². The van der Waals surface area contributed by atoms with Gasteiger partial charge in [0.2, 0.25) is 5.95 Å². The van der Waals surface area contributed by atoms with E-state index >= 15 is 0 Å². The van der Waals surface area contributed by atoms with Crippen molar-refractivity contribution in [2.24, 2.45) is 0 Å². The van der Waals surface area contributed by atoms with Crippen LogP contribution in [0.3, 0.4) is 0 Å². The summed E-state index contributed by atoms with van der Waals surface area (Å²) in [5.74, 6) is 1.36. The monoisotopic (exact) mass is 302 g/mol. The van der Waals surface area contributed by atoms with Crippen molar-refractivity contribution < 1.29 is 0 Å². The highest BCUT2D eigenvalue weighted by Crippen LogP contribution is 2.37. The standard InChI is InChI=1S/C14H14N4S2/c15-14-16-12(11-5-7-20-13(11)17-14)18(9-3-4-9)8-10-2-1-6-19-10/h1-2,5-7,9H,3-4,8H2,(H2,15,16,17). The molecule has 0 radical (unpaired) electrons. The van der Waals surface area contributed by atoms with Gasteiger partial charge in [-0.25, -0.2) is 4.98 Å². The van der Waals surface area contributed by atoms with Crippen LogP contribution in [-0.4, -0.2) is 16.0 Å². The Balaban J connectivity index is 1.79. The molecule has 0 spiro atoms. The first-order chi connectivity index (χ1) is 9.81. The molecule has 0 amide bonds. The van der Waals surface area contributed by atoms with Crippen molar-refractivity contribution in [1.29, 1.82) is 0 Å². The van der Waals surface area contributed by atoms with Gasteiger partial charge in [0, 0.05) is 10.9 Å². The topological polar surface area (TPSA) is 55.0 Å². The zero-order chi connectivity index (χ0) is 13.5. The summed E-state index contributed by atoms with van der Waals surface area (Å²) in [6, 6.07) is 6.96. The van der Waals surface area contributed by atoms with Gasteiger partial charge in [-0.1, -0.05) is 6.07 Å². The molecule has 102 valence electrons. The molecule has 0 unspecified atom stereocenters. The van der Waals surface area contributed by atoms with Crippen molar-refractivity contribution in [3.05, 3.63) is 33.8 Å². The lowest BCUT2D eigenvalue weighted by Crippen LogP contribution is -2.26. The van der Waals surface area contributed by atoms with Crippen LogP contribution in [0, 0.1) is 0 Å². The Morgan fingerprint density at radius 2 is 2.10 bits per heavy atom. The second-order valence-electron chi connectivity index (χ2n) is 4.98. The van der Waals surface area contributed by atoms with E-state index in [1.807, 2.05) is 0 Å². The van der Waals surface area contributed by atoms with E-state index in [9.17, 15) is 0 Å². The second kappa shape index (κ2) is 4.71. The lowest BCUT2D eigenvalue weighted by molar-refractivity contribution is 0.791. The highest BCUT2D eigenvalue weighted by Gasteiger charge is 2.31. The van der Waals surface area contributed by atoms with E-state index in [0.29, 0.717) is 12.0 Å². The molecule has 1 fully saturated rings. The summed E-state index contributed by atoms with van der Waals surface area (Å²) in [6.07, 6.45) is 2.47. The van der Waals surface area contributed by atoms with Crippen molar-refractivity contribution in [3.8, 4) is 0 Å². The lowest BCUT2D eigenvalue weighted by atomic mass is 10.3. The van der Waals surface area contributed by atoms with Gasteiger partial charge in [0.25, 0.3) is 0 Å². The minimum Gasteiger partial charge on any atom is -0.368 e. The molecule has 1 aliphatic carbocycles. The summed E-state index contributed by atoms with van der Waals surface area (Å²) in [5, 5.41) is 5.29. The number of fused-ring (bicyclic) bond motifs is 1. The number of anilines is 2. The number of nitrogen functional groups attached to an aromatic ring is 1. The number of hydrogen-bond acceptors (Lipinski definition) is 6. The third kappa shape index (κ3) is 2.14. The molecule has 20 heavy (non-hydrogen) atoms. The van der Waals surface area contributed by atoms with Gasteiger partial charge in [0.05, 0.1) is 11.9 Å². The van der Waals surface area contributed by atoms with Crippen molar-refractivity contribution in [3.63, 3.8) is 0 Å². The molecule has 0 atom stereocenters. The molecule has 1 saturated carbocycles. The van der Waals surface area contributed by atoms with Crippen molar-refractivity contribution in [1.82, 2.24) is 9.97 Å². The Kier molecular flexibility index (Phi) is 2.85. The Bertz CT molecular complexity index is 731. The maximum atomic E-state index is 5.88. The van der Waals surface area contributed by atoms with E-state index in [1.165, 1.54) is 17.7 Å². The maximum Gasteiger partial charge on any atom is 0.223 e. The Hall–Kier alpha value is -1.66. The van der Waals surface area contributed by atoms with E-state index in [0.717, 1.165) is 22.6 Å². The predicted molar refractivity (Wildman–Crippen MR) is 85.4 cm³/mol. The van der Waals surface area contributed by atoms with Crippen LogP contribution in [-0.2, 0) is 6.54 Å². The Morgan fingerprint density at radius 1 is 1.20 bits per heavy atom. The number of nitrogens with two attached hydrogens (primary N) is 1. The van der Waals surface area contributed by atoms with Gasteiger partial charge < -0.3 is 10.6 Å². The first kappa shape index (κ1) is 12.1. The predicted octanol–water partition coefficient (Wildman–Crippen LogP) is 3.50. The molecule has 3 aromatic heterocycles. The van der Waals surface area contributed by atoms with E-state index in [2.05, 4.69) is 43.8 Å². The van der Waals surface area contributed by atoms with Gasteiger partial charge in [0.15, 0.2) is 0 Å². The molecule has 4 nitrogen and oxygen atoms in total. The third-order valence-electron chi connectivity index (χ3n) is 3.49. The van der Waals surface area contributed by atoms with Crippen molar-refractivity contribution in [2.75, 3.05) is 10.6 Å². The molecular formula is C14H14N4S2. The Morgan fingerprint density at radius 3 is 2.85 bits per heavy atom. The summed E-state index contributed by atoms with van der Waals surface area (Å²) >= 11 is 3.41. The van der Waals surface area contributed by atoms with Gasteiger partial charge in [-0.3, -0.25) is 0 Å². The van der Waals surface area contributed by atoms with Crippen LogP contribution in [0.2, 0.25) is 0 Å². The van der Waals surface area contributed by atoms with E-state index in [-0.39, 0.29) is 0 Å². The summed E-state index contributed by atoms with van der Waals surface area (Å²) in [4.78, 5) is 13.6. The molecule has 1 aliphatic rings. The SMILES string of the molecule is Nc1nc(N(Cc2cccs2)C2CC2)c2ccsc2n1. The van der Waals surface area contributed by atoms with Crippen LogP contribution in [0.1, 0.15) is 17.7 Å². The fourth-order valence-corrected chi connectivity index (χ4v) is 3.88. The maximum absolute atomic E-state index is 5.88. The average molecular weight is 302 g/mol. The number of hydrogen-bond donors (Lipinski definition) is 1. The highest BCUT2D eigenvalue weighted by molar-refractivity contribution is 7.16. The van der Waals surface area contributed by atoms with Crippen LogP contribution in [0.25, 0.3) is 10.2 Å². The molecule has 6 heteroatoms. The third-order valence-corrected chi connectivity index (χ3v) is 5.16. The summed E-state index contributed by atoms with van der Waals surface area (Å²) < 4.78 is 0. The minimum atomic E-state index is 0.367. The van der Waals surface area contributed by atoms with Crippen LogP contribution in [0.5, 0.6) is 0 Å². The zero-order valence-electron chi connectivity index (χ0n) is 10.8. The van der Waals surface area contributed by atoms with Crippen LogP contribution < -0.4 is 10.6 Å². The molecule has 0 saturated heterocycles. The smallest absolute Gasteiger partial charge is 0.223 e. The summed E-state index contributed by atoms with van der Waals surface area (Å²) in [6.45, 7) is 0.906. The average Bonchev–Trinajstić information content (AvgIpc) is 2.96. The van der Waals surface area contributed by atoms with Crippen molar-refractivity contribution >= 4 is 44.7 Å². The first-order valence-corrected chi connectivity index (χ1v) is 8.37. The molecule has 0 aromatic carbocycles. The quantitative estimate of drug-likeness (QED) is 0.801. The number of nitrogens with zero attached hydrogens (tertiary/aromatic N) is 3. The normalized spacial score (nSPS) is 14.8. The van der Waals surface area contributed by atoms with Crippen LogP contribution in [0.15, 0.2) is 29.0 Å². The molecular weight excluding hydrogens is 288 g/mol. The first-order valence-electron chi connectivity index (χ1n) is 6.61. The van der Waals surface area contributed by atoms with Crippen LogP contribution in [0.4, 0.5) is 11.8 Å². The Labute approximate surface area is 124 Å². The minimum absolute atomic E-state index is 0.367. The fraction of sp³-hybridized carbons (Fsp3) is 0.286. The van der Waals surface area contributed by atoms with E-state index < -0.39 is 0 Å². The molecule has 2 N–H and O–H groups in total. The highest BCUT2D eigenvalue weighted by atomic mass is 32.1. The lowest BCUT2D eigenvalue weighted by Gasteiger charge is -2.23. The number of thiophene rings is 2. The molecule has 0 aliphatic heterocycles. The molecule has 3 heterocycles. The van der Waals surface area contributed by atoms with Gasteiger partial charge in [-0.2, -0.15) is 4.98 Å². The summed E-state index contributed by atoms with van der Waals surface area (Å²) in [5.41, 5.74) is 5.88. The van der Waals surface area contributed by atoms with E-state index in [1.54, 1.807) is 22.7 Å². The number of rotatable bonds is 4. The van der Waals surface area contributed by atoms with Gasteiger partial charge >= 0.3 is 0 Å². The van der Waals surface area contributed by atoms with Gasteiger partial charge in [-0.15, -0.1) is 22.7 Å². The molecule has 3 aromatic rings. The van der Waals surface area contributed by atoms with Gasteiger partial charge in [0.1, 0.15) is 10.6 Å². The number of aromatic nitrogens is 2. The largest absolute Gasteiger partial charge is 0.368 e. The summed E-state index contributed by atoms with van der Waals surface area (Å²) in [7, 11) is 0. The van der Waals surface area contributed by atoms with E-state index in [4.69, 9.17) is 5.73 Å². The molecule has 0 bridgehead atoms. The zero-order valence-corrected chi connectivity index (χ0v) is 12.5. The van der Waals surface area contributed by atoms with Crippen molar-refractivity contribution in [2.45, 2.75) is 25.4 Å². The fourth-order valence-electron chi connectivity index (χ4n) is 2.41. The molecule has 4 rings (SSSR count). The van der Waals surface area contributed by atoms with Gasteiger partial charge in [-0.05, 0) is 35.7 Å².